The molecule has 0 spiro atoms. The molecule has 0 fully saturated rings. The summed E-state index contributed by atoms with van der Waals surface area (Å²) >= 11 is 12.7. The van der Waals surface area contributed by atoms with E-state index in [1.54, 1.807) is 11.3 Å². The van der Waals surface area contributed by atoms with Crippen molar-refractivity contribution in [3.8, 4) is 0 Å². The number of alkyl halides is 1. The van der Waals surface area contributed by atoms with E-state index in [1.165, 1.54) is 0 Å². The number of allylic oxidation sites excluding steroid dienone is 1. The highest BCUT2D eigenvalue weighted by atomic mass is 35.5. The molecule has 0 amide bonds. The van der Waals surface area contributed by atoms with Gasteiger partial charge in [-0.3, -0.25) is 0 Å². The average molecular weight is 193 g/mol. The molecule has 0 saturated heterocycles. The lowest BCUT2D eigenvalue weighted by Crippen LogP contribution is -1.58. The second-order valence-corrected chi connectivity index (χ2v) is 3.75. The Morgan fingerprint density at radius 2 is 2.30 bits per heavy atom. The molecule has 0 aromatic carbocycles. The Kier molecular flexibility index (Phi) is 3.26. The topological polar surface area (TPSA) is 0 Å². The highest BCUT2D eigenvalue weighted by molar-refractivity contribution is 7.16. The number of rotatable bonds is 2. The summed E-state index contributed by atoms with van der Waals surface area (Å²) in [6.07, 6.45) is 3.85. The normalized spacial score (nSPS) is 11.0. The van der Waals surface area contributed by atoms with Crippen LogP contribution in [0.25, 0.3) is 6.08 Å². The summed E-state index contributed by atoms with van der Waals surface area (Å²) in [6.45, 7) is 0. The van der Waals surface area contributed by atoms with Crippen LogP contribution in [0.15, 0.2) is 18.2 Å². The second kappa shape index (κ2) is 4.02. The second-order valence-electron chi connectivity index (χ2n) is 1.70. The zero-order valence-corrected chi connectivity index (χ0v) is 7.51. The molecule has 0 aliphatic rings. The quantitative estimate of drug-likeness (QED) is 0.629. The fourth-order valence-electron chi connectivity index (χ4n) is 0.579. The summed E-state index contributed by atoms with van der Waals surface area (Å²) in [5, 5.41) is 0. The maximum absolute atomic E-state index is 5.69. The predicted octanol–water partition coefficient (Wildman–Crippen LogP) is 3.65. The van der Waals surface area contributed by atoms with E-state index in [2.05, 4.69) is 0 Å². The molecule has 0 nitrogen and oxygen atoms in total. The van der Waals surface area contributed by atoms with Crippen LogP contribution in [0.5, 0.6) is 0 Å². The van der Waals surface area contributed by atoms with Crippen molar-refractivity contribution in [2.45, 2.75) is 0 Å². The number of hydrogen-bond acceptors (Lipinski definition) is 1. The molecule has 0 atom stereocenters. The van der Waals surface area contributed by atoms with Crippen molar-refractivity contribution in [1.29, 1.82) is 0 Å². The SMILES string of the molecule is ClCC=Cc1ccc(Cl)s1. The Balaban J connectivity index is 2.67. The monoisotopic (exact) mass is 192 g/mol. The van der Waals surface area contributed by atoms with E-state index in [4.69, 9.17) is 23.2 Å². The minimum absolute atomic E-state index is 0.551. The highest BCUT2D eigenvalue weighted by Crippen LogP contribution is 2.22. The number of halogens is 2. The van der Waals surface area contributed by atoms with E-state index in [0.717, 1.165) is 9.21 Å². The van der Waals surface area contributed by atoms with Gasteiger partial charge in [0.05, 0.1) is 4.34 Å². The van der Waals surface area contributed by atoms with Gasteiger partial charge in [0.2, 0.25) is 0 Å². The van der Waals surface area contributed by atoms with Crippen molar-refractivity contribution in [1.82, 2.24) is 0 Å². The van der Waals surface area contributed by atoms with Gasteiger partial charge in [0.1, 0.15) is 0 Å². The summed E-state index contributed by atoms with van der Waals surface area (Å²) in [7, 11) is 0. The van der Waals surface area contributed by atoms with Gasteiger partial charge in [-0.15, -0.1) is 22.9 Å². The molecule has 1 aromatic rings. The van der Waals surface area contributed by atoms with Gasteiger partial charge in [-0.05, 0) is 18.2 Å². The Hall–Kier alpha value is 0.0200. The lowest BCUT2D eigenvalue weighted by atomic mass is 10.4. The molecular weight excluding hydrogens is 187 g/mol. The standard InChI is InChI=1S/C7H6Cl2S/c8-5-1-2-6-3-4-7(9)10-6/h1-4H,5H2. The summed E-state index contributed by atoms with van der Waals surface area (Å²) in [5.74, 6) is 0.551. The molecule has 3 heteroatoms. The van der Waals surface area contributed by atoms with Crippen molar-refractivity contribution in [3.05, 3.63) is 27.4 Å². The fraction of sp³-hybridized carbons (Fsp3) is 0.143. The van der Waals surface area contributed by atoms with E-state index < -0.39 is 0 Å². The van der Waals surface area contributed by atoms with E-state index in [9.17, 15) is 0 Å². The minimum Gasteiger partial charge on any atom is -0.124 e. The molecule has 0 aliphatic carbocycles. The van der Waals surface area contributed by atoms with Crippen molar-refractivity contribution in [2.75, 3.05) is 5.88 Å². The molecule has 0 saturated carbocycles. The van der Waals surface area contributed by atoms with Gasteiger partial charge >= 0.3 is 0 Å². The third-order valence-corrected chi connectivity index (χ3v) is 2.34. The van der Waals surface area contributed by atoms with Crippen molar-refractivity contribution in [2.24, 2.45) is 0 Å². The third kappa shape index (κ3) is 2.33. The lowest BCUT2D eigenvalue weighted by Gasteiger charge is -1.78. The van der Waals surface area contributed by atoms with Gasteiger partial charge < -0.3 is 0 Å². The number of thiophene rings is 1. The molecule has 1 heterocycles. The maximum atomic E-state index is 5.69. The van der Waals surface area contributed by atoms with Crippen LogP contribution < -0.4 is 0 Å². The summed E-state index contributed by atoms with van der Waals surface area (Å²) < 4.78 is 0.814. The molecule has 1 aromatic heterocycles. The Morgan fingerprint density at radius 3 is 2.80 bits per heavy atom. The first-order valence-corrected chi connectivity index (χ1v) is 4.53. The van der Waals surface area contributed by atoms with Crippen molar-refractivity contribution >= 4 is 40.6 Å². The zero-order chi connectivity index (χ0) is 7.40. The first kappa shape index (κ1) is 8.12. The lowest BCUT2D eigenvalue weighted by molar-refractivity contribution is 1.79. The molecule has 1 rings (SSSR count). The van der Waals surface area contributed by atoms with Crippen LogP contribution in [-0.4, -0.2) is 5.88 Å². The van der Waals surface area contributed by atoms with Crippen LogP contribution in [0.3, 0.4) is 0 Å². The van der Waals surface area contributed by atoms with E-state index in [1.807, 2.05) is 24.3 Å². The van der Waals surface area contributed by atoms with Crippen molar-refractivity contribution in [3.63, 3.8) is 0 Å². The molecule has 0 radical (unpaired) electrons. The largest absolute Gasteiger partial charge is 0.124 e. The molecule has 0 aliphatic heterocycles. The van der Waals surface area contributed by atoms with Gasteiger partial charge in [-0.25, -0.2) is 0 Å². The van der Waals surface area contributed by atoms with Crippen LogP contribution >= 0.6 is 34.5 Å². The van der Waals surface area contributed by atoms with Crippen LogP contribution in [0, 0.1) is 0 Å². The van der Waals surface area contributed by atoms with Gasteiger partial charge in [0, 0.05) is 10.8 Å². The molecular formula is C7H6Cl2S. The van der Waals surface area contributed by atoms with Crippen LogP contribution in [-0.2, 0) is 0 Å². The van der Waals surface area contributed by atoms with Crippen molar-refractivity contribution < 1.29 is 0 Å². The maximum Gasteiger partial charge on any atom is 0.0934 e. The Labute approximate surface area is 74.1 Å². The highest BCUT2D eigenvalue weighted by Gasteiger charge is 1.90. The summed E-state index contributed by atoms with van der Waals surface area (Å²) in [4.78, 5) is 1.14. The van der Waals surface area contributed by atoms with Crippen LogP contribution in [0.1, 0.15) is 4.88 Å². The molecule has 54 valence electrons. The van der Waals surface area contributed by atoms with Crippen LogP contribution in [0.2, 0.25) is 4.34 Å². The van der Waals surface area contributed by atoms with E-state index >= 15 is 0 Å². The summed E-state index contributed by atoms with van der Waals surface area (Å²) in [6, 6.07) is 3.84. The third-order valence-electron chi connectivity index (χ3n) is 0.965. The minimum atomic E-state index is 0.551. The summed E-state index contributed by atoms with van der Waals surface area (Å²) in [5.41, 5.74) is 0. The Bertz CT molecular complexity index is 227. The fourth-order valence-corrected chi connectivity index (χ4v) is 1.66. The Morgan fingerprint density at radius 1 is 1.50 bits per heavy atom. The van der Waals surface area contributed by atoms with Gasteiger partial charge in [0.15, 0.2) is 0 Å². The smallest absolute Gasteiger partial charge is 0.0934 e. The molecule has 0 N–H and O–H groups in total. The van der Waals surface area contributed by atoms with E-state index in [0.29, 0.717) is 5.88 Å². The van der Waals surface area contributed by atoms with Gasteiger partial charge in [0.25, 0.3) is 0 Å². The zero-order valence-electron chi connectivity index (χ0n) is 5.18. The average Bonchev–Trinajstić information content (AvgIpc) is 2.31. The number of hydrogen-bond donors (Lipinski definition) is 0. The predicted molar refractivity (Wildman–Crippen MR) is 49.1 cm³/mol. The molecule has 0 unspecified atom stereocenters. The van der Waals surface area contributed by atoms with Gasteiger partial charge in [-0.1, -0.05) is 17.7 Å². The molecule has 0 bridgehead atoms. The van der Waals surface area contributed by atoms with Crippen LogP contribution in [0.4, 0.5) is 0 Å². The molecule has 10 heavy (non-hydrogen) atoms. The first-order chi connectivity index (χ1) is 4.83. The van der Waals surface area contributed by atoms with Gasteiger partial charge in [-0.2, -0.15) is 0 Å². The first-order valence-electron chi connectivity index (χ1n) is 2.81. The van der Waals surface area contributed by atoms with E-state index in [-0.39, 0.29) is 0 Å².